The van der Waals surface area contributed by atoms with E-state index in [-0.39, 0.29) is 11.6 Å². The van der Waals surface area contributed by atoms with Crippen molar-refractivity contribution in [1.82, 2.24) is 14.7 Å². The molecule has 0 bridgehead atoms. The van der Waals surface area contributed by atoms with Crippen molar-refractivity contribution in [2.75, 3.05) is 6.54 Å². The topological polar surface area (TPSA) is 46.4 Å². The Morgan fingerprint density at radius 2 is 2.35 bits per heavy atom. The van der Waals surface area contributed by atoms with Gasteiger partial charge in [0.25, 0.3) is 5.56 Å². The van der Waals surface area contributed by atoms with Crippen LogP contribution in [0.3, 0.4) is 0 Å². The summed E-state index contributed by atoms with van der Waals surface area (Å²) in [6.45, 7) is 0.987. The number of aromatic nitrogens is 2. The van der Waals surface area contributed by atoms with Gasteiger partial charge < -0.3 is 5.32 Å². The molecule has 1 aliphatic heterocycles. The Morgan fingerprint density at radius 3 is 3.12 bits per heavy atom. The number of halogens is 1. The van der Waals surface area contributed by atoms with E-state index in [1.165, 1.54) is 4.40 Å². The van der Waals surface area contributed by atoms with Crippen molar-refractivity contribution in [3.8, 4) is 0 Å². The molecular weight excluding hydrogens is 238 g/mol. The van der Waals surface area contributed by atoms with Crippen molar-refractivity contribution >= 4 is 17.2 Å². The van der Waals surface area contributed by atoms with Gasteiger partial charge in [-0.15, -0.1) is 0 Å². The monoisotopic (exact) mass is 249 g/mol. The van der Waals surface area contributed by atoms with Gasteiger partial charge in [-0.05, 0) is 25.5 Å². The lowest BCUT2D eigenvalue weighted by Gasteiger charge is -2.10. The van der Waals surface area contributed by atoms with Gasteiger partial charge in [-0.2, -0.15) is 0 Å². The highest BCUT2D eigenvalue weighted by Gasteiger charge is 2.18. The van der Waals surface area contributed by atoms with Crippen molar-refractivity contribution < 1.29 is 0 Å². The molecule has 1 fully saturated rings. The number of nitrogens with one attached hydrogen (secondary N) is 1. The maximum atomic E-state index is 11.9. The first kappa shape index (κ1) is 10.7. The third kappa shape index (κ3) is 1.94. The summed E-state index contributed by atoms with van der Waals surface area (Å²) in [6, 6.07) is 5.20. The standard InChI is InChI=1S/C12H12ClN3O/c13-8-3-5-16-11(6-8)15-10(7-12(16)17)9-2-1-4-14-9/h3,5-7,9,14H,1-2,4H2. The van der Waals surface area contributed by atoms with E-state index >= 15 is 0 Å². The van der Waals surface area contributed by atoms with Crippen LogP contribution in [-0.2, 0) is 0 Å². The normalized spacial score (nSPS) is 19.9. The summed E-state index contributed by atoms with van der Waals surface area (Å²) in [4.78, 5) is 16.4. The van der Waals surface area contributed by atoms with Crippen molar-refractivity contribution in [1.29, 1.82) is 0 Å². The summed E-state index contributed by atoms with van der Waals surface area (Å²) in [5, 5.41) is 3.93. The fourth-order valence-electron chi connectivity index (χ4n) is 2.21. The minimum Gasteiger partial charge on any atom is -0.309 e. The Bertz CT molecular complexity index is 617. The van der Waals surface area contributed by atoms with Crippen molar-refractivity contribution in [2.45, 2.75) is 18.9 Å². The zero-order chi connectivity index (χ0) is 11.8. The van der Waals surface area contributed by atoms with Crippen LogP contribution < -0.4 is 10.9 Å². The number of pyridine rings is 1. The molecule has 2 aromatic rings. The summed E-state index contributed by atoms with van der Waals surface area (Å²) in [5.74, 6) is 0. The third-order valence-electron chi connectivity index (χ3n) is 3.07. The average Bonchev–Trinajstić information content (AvgIpc) is 2.81. The highest BCUT2D eigenvalue weighted by atomic mass is 35.5. The first-order valence-electron chi connectivity index (χ1n) is 5.66. The third-order valence-corrected chi connectivity index (χ3v) is 3.30. The highest BCUT2D eigenvalue weighted by molar-refractivity contribution is 6.30. The molecule has 88 valence electrons. The largest absolute Gasteiger partial charge is 0.309 e. The summed E-state index contributed by atoms with van der Waals surface area (Å²) >= 11 is 5.91. The van der Waals surface area contributed by atoms with E-state index in [2.05, 4.69) is 10.3 Å². The maximum absolute atomic E-state index is 11.9. The van der Waals surface area contributed by atoms with E-state index in [4.69, 9.17) is 11.6 Å². The molecule has 3 rings (SSSR count). The lowest BCUT2D eigenvalue weighted by Crippen LogP contribution is -2.20. The zero-order valence-electron chi connectivity index (χ0n) is 9.19. The summed E-state index contributed by atoms with van der Waals surface area (Å²) in [6.07, 6.45) is 3.81. The molecule has 0 aliphatic carbocycles. The predicted octanol–water partition coefficient (Wildman–Crippen LogP) is 1.77. The molecule has 3 heterocycles. The van der Waals surface area contributed by atoms with Gasteiger partial charge in [-0.1, -0.05) is 11.6 Å². The van der Waals surface area contributed by atoms with Gasteiger partial charge in [0.05, 0.1) is 5.69 Å². The van der Waals surface area contributed by atoms with E-state index in [9.17, 15) is 4.79 Å². The van der Waals surface area contributed by atoms with Gasteiger partial charge in [-0.25, -0.2) is 4.98 Å². The summed E-state index contributed by atoms with van der Waals surface area (Å²) < 4.78 is 1.50. The van der Waals surface area contributed by atoms with Crippen LogP contribution in [0.15, 0.2) is 29.2 Å². The number of nitrogens with zero attached hydrogens (tertiary/aromatic N) is 2. The van der Waals surface area contributed by atoms with Crippen LogP contribution in [0, 0.1) is 0 Å². The molecule has 4 nitrogen and oxygen atoms in total. The minimum absolute atomic E-state index is 0.0598. The molecule has 1 unspecified atom stereocenters. The Balaban J connectivity index is 2.18. The second-order valence-corrected chi connectivity index (χ2v) is 4.68. The van der Waals surface area contributed by atoms with E-state index in [1.807, 2.05) is 0 Å². The van der Waals surface area contributed by atoms with E-state index in [0.717, 1.165) is 25.1 Å². The zero-order valence-corrected chi connectivity index (χ0v) is 9.94. The van der Waals surface area contributed by atoms with Crippen molar-refractivity contribution in [3.05, 3.63) is 45.5 Å². The molecule has 0 radical (unpaired) electrons. The van der Waals surface area contributed by atoms with E-state index < -0.39 is 0 Å². The molecular formula is C12H12ClN3O. The second kappa shape index (κ2) is 4.13. The molecule has 1 atom stereocenters. The smallest absolute Gasteiger partial charge is 0.258 e. The molecule has 1 aliphatic rings. The van der Waals surface area contributed by atoms with Crippen LogP contribution in [-0.4, -0.2) is 15.9 Å². The highest BCUT2D eigenvalue weighted by Crippen LogP contribution is 2.21. The van der Waals surface area contributed by atoms with Crippen LogP contribution in [0.5, 0.6) is 0 Å². The predicted molar refractivity (Wildman–Crippen MR) is 66.4 cm³/mol. The number of hydrogen-bond donors (Lipinski definition) is 1. The molecule has 17 heavy (non-hydrogen) atoms. The van der Waals surface area contributed by atoms with Crippen LogP contribution in [0.25, 0.3) is 5.65 Å². The molecule has 0 amide bonds. The van der Waals surface area contributed by atoms with E-state index in [1.54, 1.807) is 24.4 Å². The summed E-state index contributed by atoms with van der Waals surface area (Å²) in [7, 11) is 0. The van der Waals surface area contributed by atoms with Crippen LogP contribution in [0.4, 0.5) is 0 Å². The van der Waals surface area contributed by atoms with Crippen molar-refractivity contribution in [3.63, 3.8) is 0 Å². The van der Waals surface area contributed by atoms with Gasteiger partial charge in [0, 0.05) is 29.4 Å². The molecule has 0 aromatic carbocycles. The van der Waals surface area contributed by atoms with Crippen molar-refractivity contribution in [2.24, 2.45) is 0 Å². The average molecular weight is 250 g/mol. The van der Waals surface area contributed by atoms with Gasteiger partial charge in [0.1, 0.15) is 5.65 Å². The van der Waals surface area contributed by atoms with Crippen LogP contribution in [0.2, 0.25) is 5.02 Å². The fourth-order valence-corrected chi connectivity index (χ4v) is 2.37. The minimum atomic E-state index is -0.0598. The fraction of sp³-hybridized carbons (Fsp3) is 0.333. The van der Waals surface area contributed by atoms with E-state index in [0.29, 0.717) is 10.7 Å². The Morgan fingerprint density at radius 1 is 1.47 bits per heavy atom. The van der Waals surface area contributed by atoms with Gasteiger partial charge in [0.2, 0.25) is 0 Å². The maximum Gasteiger partial charge on any atom is 0.258 e. The first-order valence-corrected chi connectivity index (χ1v) is 6.04. The SMILES string of the molecule is O=c1cc(C2CCCN2)nc2cc(Cl)ccn12. The van der Waals surface area contributed by atoms with Gasteiger partial charge >= 0.3 is 0 Å². The quantitative estimate of drug-likeness (QED) is 0.838. The first-order chi connectivity index (χ1) is 8.24. The lowest BCUT2D eigenvalue weighted by atomic mass is 10.1. The molecule has 1 saturated heterocycles. The number of fused-ring (bicyclic) bond motifs is 1. The Kier molecular flexibility index (Phi) is 2.61. The molecule has 2 aromatic heterocycles. The molecule has 5 heteroatoms. The number of hydrogen-bond acceptors (Lipinski definition) is 3. The number of rotatable bonds is 1. The van der Waals surface area contributed by atoms with Crippen LogP contribution >= 0.6 is 11.6 Å². The van der Waals surface area contributed by atoms with Gasteiger partial charge in [-0.3, -0.25) is 9.20 Å². The van der Waals surface area contributed by atoms with Gasteiger partial charge in [0.15, 0.2) is 0 Å². The Labute approximate surface area is 103 Å². The van der Waals surface area contributed by atoms with Crippen LogP contribution in [0.1, 0.15) is 24.6 Å². The molecule has 0 spiro atoms. The lowest BCUT2D eigenvalue weighted by molar-refractivity contribution is 0.626. The Hall–Kier alpha value is -1.39. The second-order valence-electron chi connectivity index (χ2n) is 4.24. The summed E-state index contributed by atoms with van der Waals surface area (Å²) in [5.41, 5.74) is 1.36. The molecule has 0 saturated carbocycles. The molecule has 1 N–H and O–H groups in total.